The molecule has 0 heterocycles. The zero-order valence-corrected chi connectivity index (χ0v) is 6.84. The number of halogens is 1. The van der Waals surface area contributed by atoms with Crippen LogP contribution in [0.1, 0.15) is 0 Å². The van der Waals surface area contributed by atoms with E-state index < -0.39 is 0 Å². The van der Waals surface area contributed by atoms with Gasteiger partial charge in [-0.05, 0) is 12.5 Å². The topological polar surface area (TPSA) is 23.8 Å². The molecule has 0 N–H and O–H groups in total. The van der Waals surface area contributed by atoms with Crippen molar-refractivity contribution in [3.63, 3.8) is 0 Å². The monoisotopic (exact) mass is 181 g/mol. The molecule has 0 amide bonds. The summed E-state index contributed by atoms with van der Waals surface area (Å²) in [7, 11) is 0. The molecule has 0 unspecified atom stereocenters. The quantitative estimate of drug-likeness (QED) is 0.534. The minimum atomic E-state index is 0.438. The van der Waals surface area contributed by atoms with E-state index in [2.05, 4.69) is 15.9 Å². The van der Waals surface area contributed by atoms with E-state index in [0.717, 1.165) is 0 Å². The van der Waals surface area contributed by atoms with Crippen LogP contribution in [-0.4, -0.2) is 17.8 Å². The number of nitrogens with zero attached hydrogens (tertiary/aromatic N) is 1. The van der Waals surface area contributed by atoms with Crippen LogP contribution in [0.3, 0.4) is 0 Å². The highest BCUT2D eigenvalue weighted by molar-refractivity contribution is 9.09. The van der Waals surface area contributed by atoms with Gasteiger partial charge in [-0.2, -0.15) is 17.0 Å². The maximum absolute atomic E-state index is 7.58. The standard InChI is InChI=1S/C2H2BrN.C2H6S/c3-1-2-4;1-3-2/h1H2;1-2H3. The van der Waals surface area contributed by atoms with E-state index >= 15 is 0 Å². The van der Waals surface area contributed by atoms with Crippen molar-refractivity contribution < 1.29 is 0 Å². The van der Waals surface area contributed by atoms with Crippen LogP contribution in [0, 0.1) is 11.3 Å². The van der Waals surface area contributed by atoms with Crippen LogP contribution in [0.2, 0.25) is 0 Å². The predicted molar refractivity (Wildman–Crippen MR) is 38.8 cm³/mol. The van der Waals surface area contributed by atoms with Gasteiger partial charge < -0.3 is 0 Å². The molecule has 0 aromatic heterocycles. The fourth-order valence-corrected chi connectivity index (χ4v) is 0. The first-order valence-electron chi connectivity index (χ1n) is 1.66. The molecule has 0 aliphatic heterocycles. The summed E-state index contributed by atoms with van der Waals surface area (Å²) in [5.74, 6) is 0. The van der Waals surface area contributed by atoms with E-state index in [0.29, 0.717) is 5.33 Å². The number of alkyl halides is 1. The van der Waals surface area contributed by atoms with Crippen molar-refractivity contribution >= 4 is 27.7 Å². The van der Waals surface area contributed by atoms with Crippen LogP contribution in [0.15, 0.2) is 0 Å². The fourth-order valence-electron chi connectivity index (χ4n) is 0. The second kappa shape index (κ2) is 16.2. The summed E-state index contributed by atoms with van der Waals surface area (Å²) < 4.78 is 0. The van der Waals surface area contributed by atoms with Gasteiger partial charge in [-0.3, -0.25) is 0 Å². The van der Waals surface area contributed by atoms with Gasteiger partial charge in [0.2, 0.25) is 0 Å². The molecule has 0 aromatic carbocycles. The molecule has 0 radical (unpaired) electrons. The highest BCUT2D eigenvalue weighted by Gasteiger charge is 1.52. The van der Waals surface area contributed by atoms with Gasteiger partial charge in [0.25, 0.3) is 0 Å². The van der Waals surface area contributed by atoms with Crippen molar-refractivity contribution in [3.8, 4) is 6.07 Å². The molecule has 0 fully saturated rings. The highest BCUT2D eigenvalue weighted by Crippen LogP contribution is 1.70. The normalized spacial score (nSPS) is 5.43. The summed E-state index contributed by atoms with van der Waals surface area (Å²) in [6.45, 7) is 0. The Morgan fingerprint density at radius 3 is 1.86 bits per heavy atom. The van der Waals surface area contributed by atoms with Crippen LogP contribution in [-0.2, 0) is 0 Å². The first kappa shape index (κ1) is 10.3. The third-order valence-electron chi connectivity index (χ3n) is 0.0598. The van der Waals surface area contributed by atoms with Gasteiger partial charge >= 0.3 is 0 Å². The molecular formula is C4H8BrNS. The average Bonchev–Trinajstić information content (AvgIpc) is 1.69. The Kier molecular flexibility index (Phi) is 23.9. The molecule has 0 saturated carbocycles. The van der Waals surface area contributed by atoms with E-state index in [-0.39, 0.29) is 0 Å². The lowest BCUT2D eigenvalue weighted by Gasteiger charge is -1.51. The van der Waals surface area contributed by atoms with Gasteiger partial charge in [-0.1, -0.05) is 15.9 Å². The van der Waals surface area contributed by atoms with E-state index in [9.17, 15) is 0 Å². The Hall–Kier alpha value is 0.320. The molecule has 0 bridgehead atoms. The van der Waals surface area contributed by atoms with Gasteiger partial charge in [0.15, 0.2) is 0 Å². The maximum Gasteiger partial charge on any atom is 0.0905 e. The summed E-state index contributed by atoms with van der Waals surface area (Å²) in [5.41, 5.74) is 0. The average molecular weight is 182 g/mol. The van der Waals surface area contributed by atoms with Crippen molar-refractivity contribution in [2.75, 3.05) is 17.8 Å². The van der Waals surface area contributed by atoms with Crippen LogP contribution >= 0.6 is 27.7 Å². The minimum Gasteiger partial charge on any atom is -0.197 e. The Labute approximate surface area is 57.2 Å². The molecule has 1 nitrogen and oxygen atoms in total. The van der Waals surface area contributed by atoms with E-state index in [1.165, 1.54) is 0 Å². The van der Waals surface area contributed by atoms with Crippen LogP contribution in [0.5, 0.6) is 0 Å². The van der Waals surface area contributed by atoms with Gasteiger partial charge in [0, 0.05) is 0 Å². The SMILES string of the molecule is CSC.N#CCBr. The molecule has 42 valence electrons. The molecule has 0 spiro atoms. The van der Waals surface area contributed by atoms with E-state index in [4.69, 9.17) is 5.26 Å². The summed E-state index contributed by atoms with van der Waals surface area (Å²) in [6.07, 6.45) is 4.08. The summed E-state index contributed by atoms with van der Waals surface area (Å²) in [4.78, 5) is 0. The number of thioether (sulfide) groups is 1. The van der Waals surface area contributed by atoms with Gasteiger partial charge in [0.05, 0.1) is 11.4 Å². The van der Waals surface area contributed by atoms with Gasteiger partial charge in [0.1, 0.15) is 0 Å². The van der Waals surface area contributed by atoms with Crippen molar-refractivity contribution in [2.24, 2.45) is 0 Å². The molecular weight excluding hydrogens is 174 g/mol. The zero-order chi connectivity index (χ0) is 6.12. The molecule has 3 heteroatoms. The lowest BCUT2D eigenvalue weighted by molar-refractivity contribution is 1.50. The summed E-state index contributed by atoms with van der Waals surface area (Å²) in [6, 6.07) is 1.85. The Morgan fingerprint density at radius 2 is 1.86 bits per heavy atom. The second-order valence-corrected chi connectivity index (χ2v) is 2.08. The molecule has 0 aliphatic rings. The Morgan fingerprint density at radius 1 is 1.71 bits per heavy atom. The third-order valence-corrected chi connectivity index (χ3v) is 0.311. The molecule has 0 aromatic rings. The summed E-state index contributed by atoms with van der Waals surface area (Å²) >= 11 is 4.64. The van der Waals surface area contributed by atoms with Crippen molar-refractivity contribution in [1.29, 1.82) is 5.26 Å². The number of rotatable bonds is 0. The number of hydrogen-bond donors (Lipinski definition) is 0. The highest BCUT2D eigenvalue weighted by atomic mass is 79.9. The van der Waals surface area contributed by atoms with Crippen molar-refractivity contribution in [2.45, 2.75) is 0 Å². The molecule has 0 atom stereocenters. The lowest BCUT2D eigenvalue weighted by Crippen LogP contribution is -1.45. The first-order valence-corrected chi connectivity index (χ1v) is 4.42. The largest absolute Gasteiger partial charge is 0.197 e. The predicted octanol–water partition coefficient (Wildman–Crippen LogP) is 1.88. The second-order valence-electron chi connectivity index (χ2n) is 0.700. The van der Waals surface area contributed by atoms with E-state index in [1.54, 1.807) is 11.8 Å². The molecule has 0 saturated heterocycles. The maximum atomic E-state index is 7.58. The minimum absolute atomic E-state index is 0.438. The smallest absolute Gasteiger partial charge is 0.0905 e. The Bertz CT molecular complexity index is 50.1. The van der Waals surface area contributed by atoms with Crippen LogP contribution in [0.4, 0.5) is 0 Å². The van der Waals surface area contributed by atoms with Crippen LogP contribution in [0.25, 0.3) is 0 Å². The zero-order valence-electron chi connectivity index (χ0n) is 4.44. The summed E-state index contributed by atoms with van der Waals surface area (Å²) in [5, 5.41) is 8.02. The molecule has 0 rings (SSSR count). The van der Waals surface area contributed by atoms with Crippen molar-refractivity contribution in [1.82, 2.24) is 0 Å². The van der Waals surface area contributed by atoms with Crippen LogP contribution < -0.4 is 0 Å². The first-order chi connectivity index (χ1) is 3.33. The third kappa shape index (κ3) is 67.7. The van der Waals surface area contributed by atoms with Crippen molar-refractivity contribution in [3.05, 3.63) is 0 Å². The van der Waals surface area contributed by atoms with E-state index in [1.807, 2.05) is 18.6 Å². The fraction of sp³-hybridized carbons (Fsp3) is 0.750. The molecule has 0 aliphatic carbocycles. The Balaban J connectivity index is 0. The van der Waals surface area contributed by atoms with Gasteiger partial charge in [-0.15, -0.1) is 0 Å². The lowest BCUT2D eigenvalue weighted by atomic mass is 10.9. The number of hydrogen-bond acceptors (Lipinski definition) is 2. The number of nitriles is 1. The van der Waals surface area contributed by atoms with Gasteiger partial charge in [-0.25, -0.2) is 0 Å². The molecule has 7 heavy (non-hydrogen) atoms.